The van der Waals surface area contributed by atoms with Crippen molar-refractivity contribution in [1.82, 2.24) is 5.32 Å². The van der Waals surface area contributed by atoms with Gasteiger partial charge in [-0.15, -0.1) is 0 Å². The van der Waals surface area contributed by atoms with E-state index in [4.69, 9.17) is 4.74 Å². The quantitative estimate of drug-likeness (QED) is 0.456. The molecular formula is C22H25N3O5. The number of anilines is 2. The van der Waals surface area contributed by atoms with Crippen molar-refractivity contribution in [1.29, 1.82) is 0 Å². The van der Waals surface area contributed by atoms with Gasteiger partial charge >= 0.3 is 12.0 Å². The van der Waals surface area contributed by atoms with Crippen LogP contribution in [0.15, 0.2) is 54.6 Å². The number of amides is 3. The van der Waals surface area contributed by atoms with Crippen LogP contribution in [0, 0.1) is 5.92 Å². The number of para-hydroxylation sites is 1. The smallest absolute Gasteiger partial charge is 0.329 e. The van der Waals surface area contributed by atoms with E-state index in [1.807, 2.05) is 6.07 Å². The number of carbonyl (C=O) groups excluding carboxylic acids is 4. The second-order valence-corrected chi connectivity index (χ2v) is 6.98. The first-order valence-corrected chi connectivity index (χ1v) is 9.46. The highest BCUT2D eigenvalue weighted by Gasteiger charge is 2.26. The third kappa shape index (κ3) is 7.05. The van der Waals surface area contributed by atoms with Gasteiger partial charge in [-0.05, 0) is 49.2 Å². The topological polar surface area (TPSA) is 114 Å². The van der Waals surface area contributed by atoms with Gasteiger partial charge in [-0.3, -0.25) is 9.59 Å². The lowest BCUT2D eigenvalue weighted by Gasteiger charge is -2.21. The molecule has 30 heavy (non-hydrogen) atoms. The molecule has 2 aromatic carbocycles. The summed E-state index contributed by atoms with van der Waals surface area (Å²) in [5.41, 5.74) is 1.59. The molecule has 3 N–H and O–H groups in total. The third-order valence-electron chi connectivity index (χ3n) is 4.16. The molecule has 0 radical (unpaired) electrons. The van der Waals surface area contributed by atoms with Crippen molar-refractivity contribution >= 4 is 35.1 Å². The summed E-state index contributed by atoms with van der Waals surface area (Å²) in [5, 5.41) is 7.78. The highest BCUT2D eigenvalue weighted by Crippen LogP contribution is 2.11. The molecule has 1 atom stereocenters. The lowest BCUT2D eigenvalue weighted by Crippen LogP contribution is -2.47. The lowest BCUT2D eigenvalue weighted by molar-refractivity contribution is -0.150. The average Bonchev–Trinajstić information content (AvgIpc) is 2.71. The van der Waals surface area contributed by atoms with Crippen molar-refractivity contribution in [2.75, 3.05) is 17.2 Å². The van der Waals surface area contributed by atoms with Crippen LogP contribution in [-0.2, 0) is 14.3 Å². The third-order valence-corrected chi connectivity index (χ3v) is 4.16. The summed E-state index contributed by atoms with van der Waals surface area (Å²) in [7, 11) is 0. The molecule has 0 bridgehead atoms. The number of hydrogen-bond donors (Lipinski definition) is 3. The van der Waals surface area contributed by atoms with Gasteiger partial charge in [-0.2, -0.15) is 0 Å². The van der Waals surface area contributed by atoms with E-state index in [9.17, 15) is 19.2 Å². The van der Waals surface area contributed by atoms with Crippen molar-refractivity contribution < 1.29 is 23.9 Å². The maximum atomic E-state index is 12.4. The molecule has 158 valence electrons. The number of nitrogens with one attached hydrogen (secondary N) is 3. The Bertz CT molecular complexity index is 895. The molecule has 0 saturated heterocycles. The molecule has 0 aliphatic rings. The molecule has 0 unspecified atom stereocenters. The molecule has 0 aliphatic carbocycles. The summed E-state index contributed by atoms with van der Waals surface area (Å²) in [4.78, 5) is 47.8. The number of ketones is 1. The zero-order chi connectivity index (χ0) is 22.1. The van der Waals surface area contributed by atoms with Crippen LogP contribution in [0.3, 0.4) is 0 Å². The van der Waals surface area contributed by atoms with Gasteiger partial charge in [0, 0.05) is 16.9 Å². The monoisotopic (exact) mass is 411 g/mol. The molecule has 0 aromatic heterocycles. The summed E-state index contributed by atoms with van der Waals surface area (Å²) in [5.74, 6) is -1.57. The molecule has 2 aromatic rings. The predicted octanol–water partition coefficient (Wildman–Crippen LogP) is 3.22. The zero-order valence-electron chi connectivity index (χ0n) is 17.1. The number of hydrogen-bond acceptors (Lipinski definition) is 5. The fraction of sp³-hybridized carbons (Fsp3) is 0.273. The van der Waals surface area contributed by atoms with Crippen molar-refractivity contribution in [3.8, 4) is 0 Å². The van der Waals surface area contributed by atoms with Gasteiger partial charge in [0.15, 0.2) is 12.4 Å². The van der Waals surface area contributed by atoms with E-state index >= 15 is 0 Å². The van der Waals surface area contributed by atoms with Gasteiger partial charge in [0.1, 0.15) is 6.04 Å². The van der Waals surface area contributed by atoms with E-state index in [1.165, 1.54) is 6.92 Å². The van der Waals surface area contributed by atoms with Gasteiger partial charge in [0.2, 0.25) is 0 Å². The second-order valence-electron chi connectivity index (χ2n) is 6.98. The minimum Gasteiger partial charge on any atom is -0.454 e. The van der Waals surface area contributed by atoms with E-state index in [-0.39, 0.29) is 11.7 Å². The molecule has 2 rings (SSSR count). The van der Waals surface area contributed by atoms with Gasteiger partial charge in [0.05, 0.1) is 0 Å². The van der Waals surface area contributed by atoms with Crippen LogP contribution < -0.4 is 16.0 Å². The molecule has 0 saturated carbocycles. The molecule has 8 heteroatoms. The van der Waals surface area contributed by atoms with Crippen LogP contribution in [0.2, 0.25) is 0 Å². The number of esters is 1. The molecule has 0 heterocycles. The molecule has 0 fully saturated rings. The number of urea groups is 1. The van der Waals surface area contributed by atoms with E-state index in [1.54, 1.807) is 62.4 Å². The Kier molecular flexibility index (Phi) is 8.10. The minimum absolute atomic E-state index is 0.0784. The highest BCUT2D eigenvalue weighted by molar-refractivity contribution is 5.97. The van der Waals surface area contributed by atoms with Crippen molar-refractivity contribution in [3.63, 3.8) is 0 Å². The molecular weight excluding hydrogens is 386 g/mol. The van der Waals surface area contributed by atoms with E-state index < -0.39 is 30.6 Å². The molecule has 3 amide bonds. The number of rotatable bonds is 8. The van der Waals surface area contributed by atoms with E-state index in [0.717, 1.165) is 0 Å². The van der Waals surface area contributed by atoms with Gasteiger partial charge in [0.25, 0.3) is 5.91 Å². The fourth-order valence-electron chi connectivity index (χ4n) is 2.54. The molecule has 0 aliphatic heterocycles. The maximum Gasteiger partial charge on any atom is 0.329 e. The predicted molar refractivity (Wildman–Crippen MR) is 113 cm³/mol. The maximum absolute atomic E-state index is 12.4. The van der Waals surface area contributed by atoms with Crippen LogP contribution in [-0.4, -0.2) is 36.3 Å². The first kappa shape index (κ1) is 22.6. The summed E-state index contributed by atoms with van der Waals surface area (Å²) in [6.45, 7) is 4.46. The minimum atomic E-state index is -0.920. The highest BCUT2D eigenvalue weighted by atomic mass is 16.5. The zero-order valence-corrected chi connectivity index (χ0v) is 17.1. The Morgan fingerprint density at radius 3 is 2.03 bits per heavy atom. The summed E-state index contributed by atoms with van der Waals surface area (Å²) >= 11 is 0. The van der Waals surface area contributed by atoms with Crippen molar-refractivity contribution in [3.05, 3.63) is 60.2 Å². The van der Waals surface area contributed by atoms with E-state index in [0.29, 0.717) is 16.9 Å². The normalized spacial score (nSPS) is 11.3. The first-order chi connectivity index (χ1) is 14.3. The standard InChI is InChI=1S/C22H25N3O5/c1-14(2)20(25-22(29)24-17-7-5-4-6-8-17)21(28)30-13-19(27)23-18-11-9-16(10-12-18)15(3)26/h4-12,14,20H,13H2,1-3H3,(H,23,27)(H2,24,25,29)/t20-/m0/s1. The van der Waals surface area contributed by atoms with Gasteiger partial charge < -0.3 is 20.7 Å². The average molecular weight is 411 g/mol. The van der Waals surface area contributed by atoms with Crippen LogP contribution >= 0.6 is 0 Å². The first-order valence-electron chi connectivity index (χ1n) is 9.46. The SMILES string of the molecule is CC(=O)c1ccc(NC(=O)COC(=O)[C@@H](NC(=O)Nc2ccccc2)C(C)C)cc1. The molecule has 0 spiro atoms. The van der Waals surface area contributed by atoms with Crippen LogP contribution in [0.5, 0.6) is 0 Å². The van der Waals surface area contributed by atoms with Crippen LogP contribution in [0.4, 0.5) is 16.2 Å². The Hall–Kier alpha value is -3.68. The summed E-state index contributed by atoms with van der Waals surface area (Å²) in [6.07, 6.45) is 0. The Morgan fingerprint density at radius 1 is 0.867 bits per heavy atom. The van der Waals surface area contributed by atoms with E-state index in [2.05, 4.69) is 16.0 Å². The summed E-state index contributed by atoms with van der Waals surface area (Å²) in [6, 6.07) is 13.7. The number of benzene rings is 2. The van der Waals surface area contributed by atoms with Crippen LogP contribution in [0.25, 0.3) is 0 Å². The summed E-state index contributed by atoms with van der Waals surface area (Å²) < 4.78 is 5.06. The van der Waals surface area contributed by atoms with Crippen molar-refractivity contribution in [2.24, 2.45) is 5.92 Å². The number of carbonyl (C=O) groups is 4. The Labute approximate surface area is 175 Å². The lowest BCUT2D eigenvalue weighted by atomic mass is 10.1. The Balaban J connectivity index is 1.85. The van der Waals surface area contributed by atoms with Gasteiger partial charge in [-0.1, -0.05) is 32.0 Å². The van der Waals surface area contributed by atoms with Crippen molar-refractivity contribution in [2.45, 2.75) is 26.8 Å². The molecule has 8 nitrogen and oxygen atoms in total. The Morgan fingerprint density at radius 2 is 1.47 bits per heavy atom. The number of ether oxygens (including phenoxy) is 1. The number of Topliss-reactive ketones (excluding diaryl/α,β-unsaturated/α-hetero) is 1. The fourth-order valence-corrected chi connectivity index (χ4v) is 2.54. The van der Waals surface area contributed by atoms with Gasteiger partial charge in [-0.25, -0.2) is 9.59 Å². The largest absolute Gasteiger partial charge is 0.454 e. The second kappa shape index (κ2) is 10.8. The van der Waals surface area contributed by atoms with Crippen LogP contribution in [0.1, 0.15) is 31.1 Å².